The summed E-state index contributed by atoms with van der Waals surface area (Å²) in [7, 11) is 0. The summed E-state index contributed by atoms with van der Waals surface area (Å²) in [6, 6.07) is 11.2. The second-order valence-corrected chi connectivity index (χ2v) is 4.30. The molecule has 2 rings (SSSR count). The first kappa shape index (κ1) is 12.9. The SMILES string of the molecule is C[C@@H](O)c1ccccc1Oc1ccc(F)c(Cl)c1. The maximum atomic E-state index is 13.0. The van der Waals surface area contributed by atoms with Crippen molar-refractivity contribution in [1.82, 2.24) is 0 Å². The molecule has 18 heavy (non-hydrogen) atoms. The van der Waals surface area contributed by atoms with Crippen LogP contribution in [-0.2, 0) is 0 Å². The molecule has 0 saturated carbocycles. The third-order valence-corrected chi connectivity index (χ3v) is 2.78. The normalized spacial score (nSPS) is 12.2. The van der Waals surface area contributed by atoms with E-state index in [0.717, 1.165) is 0 Å². The van der Waals surface area contributed by atoms with E-state index in [1.807, 2.05) is 6.07 Å². The number of hydrogen-bond acceptors (Lipinski definition) is 2. The second kappa shape index (κ2) is 5.38. The quantitative estimate of drug-likeness (QED) is 0.896. The zero-order valence-electron chi connectivity index (χ0n) is 9.73. The molecule has 2 nitrogen and oxygen atoms in total. The summed E-state index contributed by atoms with van der Waals surface area (Å²) in [5.41, 5.74) is 0.665. The fraction of sp³-hybridized carbons (Fsp3) is 0.143. The van der Waals surface area contributed by atoms with Gasteiger partial charge in [0.15, 0.2) is 0 Å². The van der Waals surface area contributed by atoms with E-state index in [9.17, 15) is 9.50 Å². The average molecular weight is 267 g/mol. The van der Waals surface area contributed by atoms with Gasteiger partial charge in [-0.1, -0.05) is 29.8 Å². The molecule has 0 aliphatic carbocycles. The highest BCUT2D eigenvalue weighted by molar-refractivity contribution is 6.30. The van der Waals surface area contributed by atoms with Crippen molar-refractivity contribution in [1.29, 1.82) is 0 Å². The Morgan fingerprint density at radius 3 is 2.61 bits per heavy atom. The van der Waals surface area contributed by atoms with Gasteiger partial charge in [-0.25, -0.2) is 4.39 Å². The number of ether oxygens (including phenoxy) is 1. The summed E-state index contributed by atoms with van der Waals surface area (Å²) in [4.78, 5) is 0. The molecular formula is C14H12ClFO2. The standard InChI is InChI=1S/C14H12ClFO2/c1-9(17)11-4-2-3-5-14(11)18-10-6-7-13(16)12(15)8-10/h2-9,17H,1H3/t9-/m1/s1. The molecule has 4 heteroatoms. The highest BCUT2D eigenvalue weighted by Gasteiger charge is 2.10. The van der Waals surface area contributed by atoms with Crippen LogP contribution < -0.4 is 4.74 Å². The Morgan fingerprint density at radius 2 is 1.94 bits per heavy atom. The number of halogens is 2. The van der Waals surface area contributed by atoms with Crippen molar-refractivity contribution in [2.75, 3.05) is 0 Å². The van der Waals surface area contributed by atoms with Gasteiger partial charge in [0.1, 0.15) is 17.3 Å². The van der Waals surface area contributed by atoms with Gasteiger partial charge in [-0.3, -0.25) is 0 Å². The molecule has 0 saturated heterocycles. The van der Waals surface area contributed by atoms with Gasteiger partial charge in [0, 0.05) is 11.6 Å². The second-order valence-electron chi connectivity index (χ2n) is 3.89. The van der Waals surface area contributed by atoms with Crippen molar-refractivity contribution in [2.45, 2.75) is 13.0 Å². The Kier molecular flexibility index (Phi) is 3.84. The van der Waals surface area contributed by atoms with Crippen LogP contribution in [0.15, 0.2) is 42.5 Å². The van der Waals surface area contributed by atoms with E-state index in [-0.39, 0.29) is 5.02 Å². The van der Waals surface area contributed by atoms with E-state index in [4.69, 9.17) is 16.3 Å². The predicted molar refractivity (Wildman–Crippen MR) is 68.6 cm³/mol. The molecular weight excluding hydrogens is 255 g/mol. The topological polar surface area (TPSA) is 29.5 Å². The summed E-state index contributed by atoms with van der Waals surface area (Å²) >= 11 is 5.68. The molecule has 2 aromatic rings. The molecule has 0 heterocycles. The summed E-state index contributed by atoms with van der Waals surface area (Å²) in [6.07, 6.45) is -0.642. The Bertz CT molecular complexity index is 555. The highest BCUT2D eigenvalue weighted by atomic mass is 35.5. The van der Waals surface area contributed by atoms with E-state index in [1.165, 1.54) is 18.2 Å². The molecule has 0 radical (unpaired) electrons. The maximum absolute atomic E-state index is 13.0. The van der Waals surface area contributed by atoms with Crippen LogP contribution in [0.4, 0.5) is 4.39 Å². The van der Waals surface area contributed by atoms with Gasteiger partial charge < -0.3 is 9.84 Å². The van der Waals surface area contributed by atoms with Gasteiger partial charge in [-0.05, 0) is 25.1 Å². The van der Waals surface area contributed by atoms with E-state index in [2.05, 4.69) is 0 Å². The fourth-order valence-corrected chi connectivity index (χ4v) is 1.76. The number of hydrogen-bond donors (Lipinski definition) is 1. The molecule has 94 valence electrons. The van der Waals surface area contributed by atoms with Crippen LogP contribution in [0.2, 0.25) is 5.02 Å². The zero-order valence-corrected chi connectivity index (χ0v) is 10.5. The van der Waals surface area contributed by atoms with Gasteiger partial charge in [0.2, 0.25) is 0 Å². The minimum atomic E-state index is -0.642. The number of aliphatic hydroxyl groups excluding tert-OH is 1. The molecule has 1 N–H and O–H groups in total. The third-order valence-electron chi connectivity index (χ3n) is 2.49. The molecule has 0 aliphatic heterocycles. The molecule has 0 aliphatic rings. The maximum Gasteiger partial charge on any atom is 0.142 e. The Hall–Kier alpha value is -1.58. The van der Waals surface area contributed by atoms with Crippen LogP contribution >= 0.6 is 11.6 Å². The first-order chi connectivity index (χ1) is 8.58. The van der Waals surface area contributed by atoms with Crippen LogP contribution in [0.25, 0.3) is 0 Å². The molecule has 0 fully saturated rings. The van der Waals surface area contributed by atoms with Gasteiger partial charge in [0.05, 0.1) is 11.1 Å². The number of para-hydroxylation sites is 1. The van der Waals surface area contributed by atoms with Crippen LogP contribution in [0.5, 0.6) is 11.5 Å². The lowest BCUT2D eigenvalue weighted by Crippen LogP contribution is -1.95. The summed E-state index contributed by atoms with van der Waals surface area (Å²) in [5, 5.41) is 9.62. The van der Waals surface area contributed by atoms with Crippen LogP contribution in [-0.4, -0.2) is 5.11 Å². The van der Waals surface area contributed by atoms with Crippen molar-refractivity contribution in [3.63, 3.8) is 0 Å². The van der Waals surface area contributed by atoms with Crippen LogP contribution in [0.3, 0.4) is 0 Å². The largest absolute Gasteiger partial charge is 0.457 e. The molecule has 0 bridgehead atoms. The minimum absolute atomic E-state index is 0.00188. The molecule has 1 atom stereocenters. The summed E-state index contributed by atoms with van der Waals surface area (Å²) < 4.78 is 18.6. The van der Waals surface area contributed by atoms with Gasteiger partial charge >= 0.3 is 0 Å². The Balaban J connectivity index is 2.31. The van der Waals surface area contributed by atoms with Gasteiger partial charge in [0.25, 0.3) is 0 Å². The van der Waals surface area contributed by atoms with Crippen LogP contribution in [0, 0.1) is 5.82 Å². The molecule has 0 unspecified atom stereocenters. The predicted octanol–water partition coefficient (Wildman–Crippen LogP) is 4.32. The summed E-state index contributed by atoms with van der Waals surface area (Å²) in [5.74, 6) is 0.456. The van der Waals surface area contributed by atoms with Crippen molar-refractivity contribution >= 4 is 11.6 Å². The van der Waals surface area contributed by atoms with Gasteiger partial charge in [-0.15, -0.1) is 0 Å². The lowest BCUT2D eigenvalue weighted by atomic mass is 10.1. The monoisotopic (exact) mass is 266 g/mol. The number of aliphatic hydroxyl groups is 1. The minimum Gasteiger partial charge on any atom is -0.457 e. The first-order valence-electron chi connectivity index (χ1n) is 5.48. The molecule has 0 aromatic heterocycles. The van der Waals surface area contributed by atoms with Crippen molar-refractivity contribution in [3.05, 3.63) is 58.9 Å². The zero-order chi connectivity index (χ0) is 13.1. The number of benzene rings is 2. The van der Waals surface area contributed by atoms with Gasteiger partial charge in [-0.2, -0.15) is 0 Å². The van der Waals surface area contributed by atoms with E-state index < -0.39 is 11.9 Å². The van der Waals surface area contributed by atoms with Crippen LogP contribution in [0.1, 0.15) is 18.6 Å². The van der Waals surface area contributed by atoms with E-state index in [0.29, 0.717) is 17.1 Å². The molecule has 0 amide bonds. The Morgan fingerprint density at radius 1 is 1.22 bits per heavy atom. The van der Waals surface area contributed by atoms with Crippen molar-refractivity contribution in [2.24, 2.45) is 0 Å². The average Bonchev–Trinajstić information content (AvgIpc) is 2.34. The van der Waals surface area contributed by atoms with Crippen molar-refractivity contribution < 1.29 is 14.2 Å². The number of rotatable bonds is 3. The first-order valence-corrected chi connectivity index (χ1v) is 5.85. The lowest BCUT2D eigenvalue weighted by Gasteiger charge is -2.13. The van der Waals surface area contributed by atoms with E-state index in [1.54, 1.807) is 25.1 Å². The smallest absolute Gasteiger partial charge is 0.142 e. The lowest BCUT2D eigenvalue weighted by molar-refractivity contribution is 0.195. The third kappa shape index (κ3) is 2.81. The molecule has 2 aromatic carbocycles. The molecule has 0 spiro atoms. The summed E-state index contributed by atoms with van der Waals surface area (Å²) in [6.45, 7) is 1.65. The highest BCUT2D eigenvalue weighted by Crippen LogP contribution is 2.31. The van der Waals surface area contributed by atoms with E-state index >= 15 is 0 Å². The fourth-order valence-electron chi connectivity index (χ4n) is 1.59. The van der Waals surface area contributed by atoms with Crippen molar-refractivity contribution in [3.8, 4) is 11.5 Å². The Labute approximate surface area is 110 Å².